The van der Waals surface area contributed by atoms with Gasteiger partial charge in [-0.05, 0) is 42.0 Å². The van der Waals surface area contributed by atoms with Gasteiger partial charge in [0.15, 0.2) is 9.84 Å². The molecule has 0 unspecified atom stereocenters. The van der Waals surface area contributed by atoms with Crippen LogP contribution < -0.4 is 15.8 Å². The quantitative estimate of drug-likeness (QED) is 0.312. The summed E-state index contributed by atoms with van der Waals surface area (Å²) < 4.78 is 47.6. The summed E-state index contributed by atoms with van der Waals surface area (Å²) in [6.45, 7) is 0.00317. The van der Waals surface area contributed by atoms with Crippen molar-refractivity contribution in [3.63, 3.8) is 0 Å². The number of rotatable bonds is 7. The molecule has 0 fully saturated rings. The summed E-state index contributed by atoms with van der Waals surface area (Å²) in [5.41, 5.74) is 1.95. The maximum atomic E-state index is 12.1. The molecule has 0 aliphatic heterocycles. The Bertz CT molecular complexity index is 1520. The van der Waals surface area contributed by atoms with Gasteiger partial charge in [-0.25, -0.2) is 31.9 Å². The van der Waals surface area contributed by atoms with Crippen LogP contribution in [-0.4, -0.2) is 43.3 Å². The lowest BCUT2D eigenvalue weighted by molar-refractivity contribution is 0.594. The number of H-pyrrole nitrogens is 1. The number of sulfone groups is 1. The van der Waals surface area contributed by atoms with E-state index in [1.54, 1.807) is 12.3 Å². The predicted molar refractivity (Wildman–Crippen MR) is 120 cm³/mol. The standard InChI is InChI=1S/C19H19N7O4S2/c1-31(27,28)17-5-3-15(32(20,29)30)7-13(17)9-21-18-8-19(23-11-22-18)25-14-2-4-16-12(6-14)10-24-26-16/h2-8,10-11H,9H2,1H3,(H,24,26)(H2,20,29,30)(H2,21,22,23,25). The molecule has 2 heterocycles. The molecular weight excluding hydrogens is 454 g/mol. The normalized spacial score (nSPS) is 12.1. The van der Waals surface area contributed by atoms with Crippen molar-refractivity contribution >= 4 is 48.1 Å². The van der Waals surface area contributed by atoms with E-state index in [9.17, 15) is 16.8 Å². The molecule has 32 heavy (non-hydrogen) atoms. The van der Waals surface area contributed by atoms with Gasteiger partial charge in [-0.3, -0.25) is 5.10 Å². The molecule has 0 saturated carbocycles. The average Bonchev–Trinajstić information content (AvgIpc) is 3.19. The van der Waals surface area contributed by atoms with Crippen LogP contribution in [0.1, 0.15) is 5.56 Å². The number of anilines is 3. The maximum Gasteiger partial charge on any atom is 0.238 e. The molecule has 166 valence electrons. The van der Waals surface area contributed by atoms with Crippen molar-refractivity contribution in [3.05, 3.63) is 60.6 Å². The van der Waals surface area contributed by atoms with Crippen LogP contribution in [0.3, 0.4) is 0 Å². The second-order valence-corrected chi connectivity index (χ2v) is 10.6. The summed E-state index contributed by atoms with van der Waals surface area (Å²) >= 11 is 0. The van der Waals surface area contributed by atoms with Gasteiger partial charge >= 0.3 is 0 Å². The average molecular weight is 474 g/mol. The Kier molecular flexibility index (Phi) is 5.54. The van der Waals surface area contributed by atoms with Gasteiger partial charge in [0.2, 0.25) is 10.0 Å². The predicted octanol–water partition coefficient (Wildman–Crippen LogP) is 1.76. The number of hydrogen-bond donors (Lipinski definition) is 4. The first kappa shape index (κ1) is 21.7. The summed E-state index contributed by atoms with van der Waals surface area (Å²) in [6.07, 6.45) is 4.10. The molecular formula is C19H19N7O4S2. The Balaban J connectivity index is 1.56. The summed E-state index contributed by atoms with van der Waals surface area (Å²) in [6, 6.07) is 10.9. The number of primary sulfonamides is 1. The molecule has 0 radical (unpaired) electrons. The lowest BCUT2D eigenvalue weighted by Crippen LogP contribution is -2.15. The molecule has 13 heteroatoms. The minimum atomic E-state index is -3.99. The van der Waals surface area contributed by atoms with Crippen LogP contribution in [0.15, 0.2) is 64.8 Å². The highest BCUT2D eigenvalue weighted by Crippen LogP contribution is 2.23. The first-order valence-corrected chi connectivity index (χ1v) is 12.7. The fourth-order valence-electron chi connectivity index (χ4n) is 3.11. The Morgan fingerprint density at radius 3 is 2.53 bits per heavy atom. The maximum absolute atomic E-state index is 12.1. The van der Waals surface area contributed by atoms with Gasteiger partial charge in [-0.1, -0.05) is 0 Å². The van der Waals surface area contributed by atoms with E-state index in [0.717, 1.165) is 22.8 Å². The summed E-state index contributed by atoms with van der Waals surface area (Å²) in [5.74, 6) is 0.916. The molecule has 0 amide bonds. The van der Waals surface area contributed by atoms with E-state index in [1.807, 2.05) is 18.2 Å². The molecule has 5 N–H and O–H groups in total. The minimum absolute atomic E-state index is 0.00165. The van der Waals surface area contributed by atoms with Crippen molar-refractivity contribution in [1.82, 2.24) is 20.2 Å². The molecule has 0 aliphatic rings. The first-order chi connectivity index (χ1) is 15.1. The smallest absolute Gasteiger partial charge is 0.238 e. The second kappa shape index (κ2) is 8.18. The molecule has 11 nitrogen and oxygen atoms in total. The highest BCUT2D eigenvalue weighted by atomic mass is 32.2. The zero-order valence-corrected chi connectivity index (χ0v) is 18.4. The molecule has 0 aliphatic carbocycles. The monoisotopic (exact) mass is 473 g/mol. The Labute approximate surface area is 184 Å². The molecule has 2 aromatic carbocycles. The lowest BCUT2D eigenvalue weighted by atomic mass is 10.2. The molecule has 0 bridgehead atoms. The van der Waals surface area contributed by atoms with Crippen LogP contribution in [0.25, 0.3) is 10.9 Å². The van der Waals surface area contributed by atoms with Gasteiger partial charge in [0.05, 0.1) is 21.5 Å². The highest BCUT2D eigenvalue weighted by molar-refractivity contribution is 7.90. The molecule has 0 saturated heterocycles. The fourth-order valence-corrected chi connectivity index (χ4v) is 4.60. The number of nitrogens with two attached hydrogens (primary N) is 1. The van der Waals surface area contributed by atoms with Gasteiger partial charge in [0, 0.05) is 29.9 Å². The summed E-state index contributed by atoms with van der Waals surface area (Å²) in [7, 11) is -7.58. The highest BCUT2D eigenvalue weighted by Gasteiger charge is 2.17. The third kappa shape index (κ3) is 4.85. The molecule has 2 aromatic heterocycles. The van der Waals surface area contributed by atoms with Crippen molar-refractivity contribution in [3.8, 4) is 0 Å². The molecule has 4 rings (SSSR count). The van der Waals surface area contributed by atoms with E-state index in [4.69, 9.17) is 5.14 Å². The van der Waals surface area contributed by atoms with Gasteiger partial charge in [-0.2, -0.15) is 5.10 Å². The van der Waals surface area contributed by atoms with Crippen LogP contribution in [0, 0.1) is 0 Å². The number of sulfonamides is 1. The largest absolute Gasteiger partial charge is 0.366 e. The van der Waals surface area contributed by atoms with Crippen molar-refractivity contribution in [2.24, 2.45) is 5.14 Å². The van der Waals surface area contributed by atoms with Crippen LogP contribution in [0.2, 0.25) is 0 Å². The van der Waals surface area contributed by atoms with Gasteiger partial charge in [0.25, 0.3) is 0 Å². The number of hydrogen-bond acceptors (Lipinski definition) is 9. The van der Waals surface area contributed by atoms with Gasteiger partial charge in [0.1, 0.15) is 18.0 Å². The third-order valence-electron chi connectivity index (χ3n) is 4.60. The lowest BCUT2D eigenvalue weighted by Gasteiger charge is -2.12. The van der Waals surface area contributed by atoms with Crippen molar-refractivity contribution < 1.29 is 16.8 Å². The van der Waals surface area contributed by atoms with Crippen molar-refractivity contribution in [1.29, 1.82) is 0 Å². The van der Waals surface area contributed by atoms with E-state index in [-0.39, 0.29) is 21.9 Å². The number of aromatic amines is 1. The van der Waals surface area contributed by atoms with Crippen molar-refractivity contribution in [2.45, 2.75) is 16.3 Å². The first-order valence-electron chi connectivity index (χ1n) is 9.21. The number of nitrogens with zero attached hydrogens (tertiary/aromatic N) is 3. The minimum Gasteiger partial charge on any atom is -0.366 e. The molecule has 0 spiro atoms. The van der Waals surface area contributed by atoms with Gasteiger partial charge < -0.3 is 10.6 Å². The van der Waals surface area contributed by atoms with Crippen LogP contribution in [-0.2, 0) is 26.4 Å². The van der Waals surface area contributed by atoms with E-state index in [0.29, 0.717) is 11.6 Å². The Morgan fingerprint density at radius 2 is 1.78 bits per heavy atom. The SMILES string of the molecule is CS(=O)(=O)c1ccc(S(N)(=O)=O)cc1CNc1cc(Nc2ccc3[nH]ncc3c2)ncn1. The topological polar surface area (TPSA) is 173 Å². The summed E-state index contributed by atoms with van der Waals surface area (Å²) in [5, 5.41) is 19.1. The number of benzene rings is 2. The van der Waals surface area contributed by atoms with Crippen LogP contribution in [0.4, 0.5) is 17.3 Å². The molecule has 0 atom stereocenters. The Morgan fingerprint density at radius 1 is 1.00 bits per heavy atom. The second-order valence-electron chi connectivity index (χ2n) is 7.03. The number of fused-ring (bicyclic) bond motifs is 1. The zero-order valence-electron chi connectivity index (χ0n) is 16.8. The van der Waals surface area contributed by atoms with E-state index >= 15 is 0 Å². The molecule has 4 aromatic rings. The van der Waals surface area contributed by atoms with Gasteiger partial charge in [-0.15, -0.1) is 0 Å². The van der Waals surface area contributed by atoms with Crippen LogP contribution in [0.5, 0.6) is 0 Å². The number of nitrogens with one attached hydrogen (secondary N) is 3. The van der Waals surface area contributed by atoms with Crippen LogP contribution >= 0.6 is 0 Å². The Hall–Kier alpha value is -3.55. The van der Waals surface area contributed by atoms with E-state index in [1.165, 1.54) is 24.5 Å². The summed E-state index contributed by atoms with van der Waals surface area (Å²) in [4.78, 5) is 8.13. The fraction of sp³-hybridized carbons (Fsp3) is 0.105. The van der Waals surface area contributed by atoms with E-state index < -0.39 is 19.9 Å². The third-order valence-corrected chi connectivity index (χ3v) is 6.71. The number of aromatic nitrogens is 4. The van der Waals surface area contributed by atoms with E-state index in [2.05, 4.69) is 30.8 Å². The van der Waals surface area contributed by atoms with Crippen molar-refractivity contribution in [2.75, 3.05) is 16.9 Å². The zero-order chi connectivity index (χ0) is 22.9.